The summed E-state index contributed by atoms with van der Waals surface area (Å²) in [5, 5.41) is 21.3. The van der Waals surface area contributed by atoms with E-state index in [0.717, 1.165) is 0 Å². The van der Waals surface area contributed by atoms with E-state index in [4.69, 9.17) is 9.47 Å². The van der Waals surface area contributed by atoms with Gasteiger partial charge in [-0.25, -0.2) is 0 Å². The fraction of sp³-hybridized carbons (Fsp3) is 0.875. The molecular weight excluding hydrogens is 200 g/mol. The van der Waals surface area contributed by atoms with E-state index in [0.29, 0.717) is 32.1 Å². The summed E-state index contributed by atoms with van der Waals surface area (Å²) in [6, 6.07) is 0. The molecule has 1 saturated heterocycles. The maximum Gasteiger partial charge on any atom is 0.177 e. The first-order valence-electron chi connectivity index (χ1n) is 4.86. The van der Waals surface area contributed by atoms with Crippen molar-refractivity contribution in [3.63, 3.8) is 0 Å². The average Bonchev–Trinajstić information content (AvgIpc) is 2.65. The monoisotopic (exact) mass is 214 g/mol. The zero-order valence-electron chi connectivity index (χ0n) is 8.54. The first-order valence-corrected chi connectivity index (χ1v) is 4.86. The Morgan fingerprint density at radius 2 is 2.47 bits per heavy atom. The van der Waals surface area contributed by atoms with Gasteiger partial charge in [-0.3, -0.25) is 0 Å². The summed E-state index contributed by atoms with van der Waals surface area (Å²) >= 11 is 0. The number of hydrogen-bond donors (Lipinski definition) is 1. The quantitative estimate of drug-likeness (QED) is 0.661. The Bertz CT molecular complexity index is 311. The summed E-state index contributed by atoms with van der Waals surface area (Å²) in [7, 11) is 1.68. The van der Waals surface area contributed by atoms with Crippen molar-refractivity contribution in [3.05, 3.63) is 5.82 Å². The lowest BCUT2D eigenvalue weighted by Crippen LogP contribution is -2.39. The molecule has 1 fully saturated rings. The molecule has 7 nitrogen and oxygen atoms in total. The van der Waals surface area contributed by atoms with Crippen LogP contribution in [0.4, 0.5) is 0 Å². The SMILES string of the molecule is Cn1nnc(CC(O)C2COCCO2)n1. The molecule has 2 atom stereocenters. The molecule has 0 aliphatic carbocycles. The first-order chi connectivity index (χ1) is 7.25. The second kappa shape index (κ2) is 4.65. The minimum Gasteiger partial charge on any atom is -0.390 e. The number of aliphatic hydroxyl groups is 1. The molecule has 84 valence electrons. The molecule has 0 radical (unpaired) electrons. The molecule has 1 N–H and O–H groups in total. The Morgan fingerprint density at radius 3 is 3.07 bits per heavy atom. The summed E-state index contributed by atoms with van der Waals surface area (Å²) in [4.78, 5) is 1.36. The molecule has 2 rings (SSSR count). The van der Waals surface area contributed by atoms with E-state index in [1.165, 1.54) is 4.80 Å². The van der Waals surface area contributed by atoms with E-state index in [-0.39, 0.29) is 6.10 Å². The van der Waals surface area contributed by atoms with Gasteiger partial charge in [-0.1, -0.05) is 0 Å². The summed E-state index contributed by atoms with van der Waals surface area (Å²) in [5.74, 6) is 0.513. The Balaban J connectivity index is 1.88. The predicted octanol–water partition coefficient (Wildman–Crippen LogP) is -1.47. The van der Waals surface area contributed by atoms with Crippen molar-refractivity contribution in [1.82, 2.24) is 20.2 Å². The molecule has 0 saturated carbocycles. The van der Waals surface area contributed by atoms with E-state index >= 15 is 0 Å². The van der Waals surface area contributed by atoms with Crippen LogP contribution in [0.1, 0.15) is 5.82 Å². The zero-order valence-corrected chi connectivity index (χ0v) is 8.54. The molecule has 2 heterocycles. The Morgan fingerprint density at radius 1 is 1.60 bits per heavy atom. The normalized spacial score (nSPS) is 24.0. The van der Waals surface area contributed by atoms with Gasteiger partial charge in [-0.15, -0.1) is 10.2 Å². The highest BCUT2D eigenvalue weighted by Crippen LogP contribution is 2.08. The van der Waals surface area contributed by atoms with Gasteiger partial charge in [0.05, 0.1) is 33.0 Å². The van der Waals surface area contributed by atoms with E-state index in [1.54, 1.807) is 7.05 Å². The molecule has 0 spiro atoms. The van der Waals surface area contributed by atoms with Crippen molar-refractivity contribution in [2.75, 3.05) is 19.8 Å². The van der Waals surface area contributed by atoms with Crippen molar-refractivity contribution in [1.29, 1.82) is 0 Å². The second-order valence-corrected chi connectivity index (χ2v) is 3.45. The second-order valence-electron chi connectivity index (χ2n) is 3.45. The maximum absolute atomic E-state index is 9.81. The number of rotatable bonds is 3. The van der Waals surface area contributed by atoms with Gasteiger partial charge in [0.15, 0.2) is 5.82 Å². The highest BCUT2D eigenvalue weighted by molar-refractivity contribution is 4.85. The van der Waals surface area contributed by atoms with Gasteiger partial charge in [0.25, 0.3) is 0 Å². The predicted molar refractivity (Wildman–Crippen MR) is 49.1 cm³/mol. The summed E-state index contributed by atoms with van der Waals surface area (Å²) in [5.41, 5.74) is 0. The van der Waals surface area contributed by atoms with Crippen LogP contribution in [0, 0.1) is 0 Å². The number of nitrogens with zero attached hydrogens (tertiary/aromatic N) is 4. The van der Waals surface area contributed by atoms with Gasteiger partial charge in [0.1, 0.15) is 6.10 Å². The fourth-order valence-corrected chi connectivity index (χ4v) is 1.45. The Labute approximate surface area is 87.0 Å². The van der Waals surface area contributed by atoms with Crippen molar-refractivity contribution < 1.29 is 14.6 Å². The van der Waals surface area contributed by atoms with E-state index < -0.39 is 6.10 Å². The first kappa shape index (κ1) is 10.5. The summed E-state index contributed by atoms with van der Waals surface area (Å²) < 4.78 is 10.6. The van der Waals surface area contributed by atoms with Crippen molar-refractivity contribution in [2.45, 2.75) is 18.6 Å². The van der Waals surface area contributed by atoms with Gasteiger partial charge >= 0.3 is 0 Å². The van der Waals surface area contributed by atoms with Crippen molar-refractivity contribution in [3.8, 4) is 0 Å². The van der Waals surface area contributed by atoms with Crippen LogP contribution in [0.15, 0.2) is 0 Å². The highest BCUT2D eigenvalue weighted by atomic mass is 16.6. The van der Waals surface area contributed by atoms with E-state index in [1.807, 2.05) is 0 Å². The molecule has 2 unspecified atom stereocenters. The lowest BCUT2D eigenvalue weighted by molar-refractivity contribution is -0.131. The average molecular weight is 214 g/mol. The Kier molecular flexibility index (Phi) is 3.24. The van der Waals surface area contributed by atoms with Crippen LogP contribution in [0.5, 0.6) is 0 Å². The molecule has 1 aromatic heterocycles. The van der Waals surface area contributed by atoms with Gasteiger partial charge in [-0.05, 0) is 5.21 Å². The van der Waals surface area contributed by atoms with Gasteiger partial charge in [0.2, 0.25) is 0 Å². The van der Waals surface area contributed by atoms with Gasteiger partial charge in [0, 0.05) is 6.42 Å². The molecule has 0 bridgehead atoms. The summed E-state index contributed by atoms with van der Waals surface area (Å²) in [6.45, 7) is 1.53. The number of ether oxygens (including phenoxy) is 2. The van der Waals surface area contributed by atoms with E-state index in [2.05, 4.69) is 15.4 Å². The molecule has 1 aromatic rings. The molecule has 15 heavy (non-hydrogen) atoms. The van der Waals surface area contributed by atoms with Crippen molar-refractivity contribution in [2.24, 2.45) is 7.05 Å². The minimum absolute atomic E-state index is 0.289. The molecule has 1 aliphatic rings. The third-order valence-electron chi connectivity index (χ3n) is 2.21. The highest BCUT2D eigenvalue weighted by Gasteiger charge is 2.24. The van der Waals surface area contributed by atoms with Crippen molar-refractivity contribution >= 4 is 0 Å². The van der Waals surface area contributed by atoms with Gasteiger partial charge < -0.3 is 14.6 Å². The van der Waals surface area contributed by atoms with Crippen LogP contribution in [0.3, 0.4) is 0 Å². The third-order valence-corrected chi connectivity index (χ3v) is 2.21. The standard InChI is InChI=1S/C8H14N4O3/c1-12-10-8(9-11-12)4-6(13)7-5-14-2-3-15-7/h6-7,13H,2-5H2,1H3. The molecular formula is C8H14N4O3. The fourth-order valence-electron chi connectivity index (χ4n) is 1.45. The minimum atomic E-state index is -0.644. The molecule has 0 aromatic carbocycles. The van der Waals surface area contributed by atoms with Crippen LogP contribution in [-0.2, 0) is 22.9 Å². The van der Waals surface area contributed by atoms with Crippen LogP contribution in [0.2, 0.25) is 0 Å². The largest absolute Gasteiger partial charge is 0.390 e. The van der Waals surface area contributed by atoms with Crippen LogP contribution >= 0.6 is 0 Å². The topological polar surface area (TPSA) is 82.3 Å². The lowest BCUT2D eigenvalue weighted by atomic mass is 10.1. The van der Waals surface area contributed by atoms with E-state index in [9.17, 15) is 5.11 Å². The molecule has 1 aliphatic heterocycles. The lowest BCUT2D eigenvalue weighted by Gasteiger charge is -2.26. The number of aromatic nitrogens is 4. The summed E-state index contributed by atoms with van der Waals surface area (Å²) in [6.07, 6.45) is -0.598. The van der Waals surface area contributed by atoms with Crippen LogP contribution in [0.25, 0.3) is 0 Å². The van der Waals surface area contributed by atoms with Gasteiger partial charge in [-0.2, -0.15) is 4.80 Å². The smallest absolute Gasteiger partial charge is 0.177 e. The number of aliphatic hydroxyl groups excluding tert-OH is 1. The maximum atomic E-state index is 9.81. The molecule has 0 amide bonds. The number of hydrogen-bond acceptors (Lipinski definition) is 6. The van der Waals surface area contributed by atoms with Crippen LogP contribution < -0.4 is 0 Å². The zero-order chi connectivity index (χ0) is 10.7. The number of tetrazole rings is 1. The van der Waals surface area contributed by atoms with Crippen LogP contribution in [-0.4, -0.2) is 57.3 Å². The molecule has 7 heteroatoms. The third kappa shape index (κ3) is 2.71. The number of aryl methyl sites for hydroxylation is 1. The Hall–Kier alpha value is -1.05.